The largest absolute Gasteiger partial charge is 0.398 e. The summed E-state index contributed by atoms with van der Waals surface area (Å²) < 4.78 is 1.13. The highest BCUT2D eigenvalue weighted by atomic mass is 127. The fourth-order valence-corrected chi connectivity index (χ4v) is 2.97. The van der Waals surface area contributed by atoms with Gasteiger partial charge in [0.05, 0.1) is 0 Å². The number of nitrogens with two attached hydrogens (primary N) is 1. The van der Waals surface area contributed by atoms with Crippen LogP contribution in [0.5, 0.6) is 0 Å². The average molecular weight is 378 g/mol. The predicted molar refractivity (Wildman–Crippen MR) is 90.0 cm³/mol. The van der Waals surface area contributed by atoms with Crippen molar-refractivity contribution in [2.45, 2.75) is 12.8 Å². The number of carbonyl (C=O) groups excluding carboxylic acids is 1. The SMILES string of the molecule is Nc1cccc2c1CCCN2C(=O)c1ccc(I)cc1. The molecule has 2 N–H and O–H groups in total. The van der Waals surface area contributed by atoms with Gasteiger partial charge in [0.25, 0.3) is 5.91 Å². The summed E-state index contributed by atoms with van der Waals surface area (Å²) in [5, 5.41) is 0. The highest BCUT2D eigenvalue weighted by molar-refractivity contribution is 14.1. The summed E-state index contributed by atoms with van der Waals surface area (Å²) in [5.41, 5.74) is 9.58. The maximum Gasteiger partial charge on any atom is 0.258 e. The molecule has 3 rings (SSSR count). The second-order valence-corrected chi connectivity index (χ2v) is 6.16. The number of hydrogen-bond acceptors (Lipinski definition) is 2. The summed E-state index contributed by atoms with van der Waals surface area (Å²) in [6, 6.07) is 13.5. The number of amides is 1. The Balaban J connectivity index is 1.98. The lowest BCUT2D eigenvalue weighted by molar-refractivity contribution is 0.0985. The molecule has 102 valence electrons. The normalized spacial score (nSPS) is 13.9. The van der Waals surface area contributed by atoms with Crippen LogP contribution in [-0.2, 0) is 6.42 Å². The summed E-state index contributed by atoms with van der Waals surface area (Å²) in [4.78, 5) is 14.5. The second-order valence-electron chi connectivity index (χ2n) is 4.91. The fourth-order valence-electron chi connectivity index (χ4n) is 2.61. The van der Waals surface area contributed by atoms with E-state index in [1.165, 1.54) is 0 Å². The molecular weight excluding hydrogens is 363 g/mol. The Bertz CT molecular complexity index is 652. The van der Waals surface area contributed by atoms with E-state index in [1.807, 2.05) is 47.4 Å². The van der Waals surface area contributed by atoms with Gasteiger partial charge in [-0.25, -0.2) is 0 Å². The van der Waals surface area contributed by atoms with Gasteiger partial charge < -0.3 is 10.6 Å². The molecule has 0 bridgehead atoms. The number of halogens is 1. The lowest BCUT2D eigenvalue weighted by Crippen LogP contribution is -2.35. The van der Waals surface area contributed by atoms with Gasteiger partial charge in [0, 0.05) is 27.1 Å². The molecule has 1 amide bonds. The number of carbonyl (C=O) groups is 1. The van der Waals surface area contributed by atoms with Crippen LogP contribution in [0.1, 0.15) is 22.3 Å². The van der Waals surface area contributed by atoms with Gasteiger partial charge in [0.15, 0.2) is 0 Å². The minimum absolute atomic E-state index is 0.0490. The summed E-state index contributed by atoms with van der Waals surface area (Å²) in [7, 11) is 0. The molecule has 0 saturated carbocycles. The van der Waals surface area contributed by atoms with Crippen LogP contribution in [0, 0.1) is 3.57 Å². The third kappa shape index (κ3) is 2.40. The van der Waals surface area contributed by atoms with Crippen LogP contribution in [0.4, 0.5) is 11.4 Å². The fraction of sp³-hybridized carbons (Fsp3) is 0.188. The van der Waals surface area contributed by atoms with Crippen molar-refractivity contribution in [1.82, 2.24) is 0 Å². The molecule has 0 spiro atoms. The van der Waals surface area contributed by atoms with Crippen molar-refractivity contribution in [3.8, 4) is 0 Å². The summed E-state index contributed by atoms with van der Waals surface area (Å²) >= 11 is 2.24. The Hall–Kier alpha value is -1.56. The van der Waals surface area contributed by atoms with E-state index < -0.39 is 0 Å². The summed E-state index contributed by atoms with van der Waals surface area (Å²) in [5.74, 6) is 0.0490. The van der Waals surface area contributed by atoms with E-state index in [0.717, 1.165) is 45.5 Å². The molecule has 0 aliphatic carbocycles. The molecule has 0 fully saturated rings. The predicted octanol–water partition coefficient (Wildman–Crippen LogP) is 3.47. The van der Waals surface area contributed by atoms with Crippen LogP contribution < -0.4 is 10.6 Å². The van der Waals surface area contributed by atoms with Crippen LogP contribution in [0.25, 0.3) is 0 Å². The van der Waals surface area contributed by atoms with Crippen molar-refractivity contribution in [3.05, 3.63) is 57.2 Å². The zero-order valence-electron chi connectivity index (χ0n) is 11.0. The molecule has 1 aliphatic rings. The number of nitrogen functional groups attached to an aromatic ring is 1. The van der Waals surface area contributed by atoms with Gasteiger partial charge in [-0.3, -0.25) is 4.79 Å². The first-order chi connectivity index (χ1) is 9.66. The monoisotopic (exact) mass is 378 g/mol. The van der Waals surface area contributed by atoms with Crippen LogP contribution in [0.3, 0.4) is 0 Å². The first-order valence-corrected chi connectivity index (χ1v) is 7.69. The van der Waals surface area contributed by atoms with E-state index in [2.05, 4.69) is 22.6 Å². The van der Waals surface area contributed by atoms with Gasteiger partial charge in [-0.05, 0) is 77.4 Å². The van der Waals surface area contributed by atoms with E-state index in [0.29, 0.717) is 0 Å². The number of nitrogens with zero attached hydrogens (tertiary/aromatic N) is 1. The Kier molecular flexibility index (Phi) is 3.65. The van der Waals surface area contributed by atoms with E-state index in [9.17, 15) is 4.79 Å². The molecule has 3 nitrogen and oxygen atoms in total. The topological polar surface area (TPSA) is 46.3 Å². The number of benzene rings is 2. The molecule has 2 aromatic rings. The number of rotatable bonds is 1. The third-order valence-corrected chi connectivity index (χ3v) is 4.34. The highest BCUT2D eigenvalue weighted by Gasteiger charge is 2.24. The molecular formula is C16H15IN2O. The molecule has 0 radical (unpaired) electrons. The van der Waals surface area contributed by atoms with Gasteiger partial charge >= 0.3 is 0 Å². The van der Waals surface area contributed by atoms with Gasteiger partial charge in [0.1, 0.15) is 0 Å². The number of hydrogen-bond donors (Lipinski definition) is 1. The average Bonchev–Trinajstić information content (AvgIpc) is 2.47. The lowest BCUT2D eigenvalue weighted by atomic mass is 9.99. The van der Waals surface area contributed by atoms with Gasteiger partial charge in [-0.1, -0.05) is 6.07 Å². The quantitative estimate of drug-likeness (QED) is 0.610. The minimum Gasteiger partial charge on any atom is -0.398 e. The first-order valence-electron chi connectivity index (χ1n) is 6.61. The third-order valence-electron chi connectivity index (χ3n) is 3.62. The maximum atomic E-state index is 12.7. The van der Waals surface area contributed by atoms with Crippen LogP contribution in [-0.4, -0.2) is 12.5 Å². The lowest BCUT2D eigenvalue weighted by Gasteiger charge is -2.30. The standard InChI is InChI=1S/C16H15IN2O/c17-12-8-6-11(7-9-12)16(20)19-10-2-3-13-14(18)4-1-5-15(13)19/h1,4-9H,2-3,10,18H2. The van der Waals surface area contributed by atoms with Crippen LogP contribution in [0.2, 0.25) is 0 Å². The van der Waals surface area contributed by atoms with Crippen molar-refractivity contribution in [3.63, 3.8) is 0 Å². The Labute approximate surface area is 131 Å². The molecule has 4 heteroatoms. The number of anilines is 2. The molecule has 0 saturated heterocycles. The zero-order chi connectivity index (χ0) is 14.1. The molecule has 0 atom stereocenters. The second kappa shape index (κ2) is 5.44. The van der Waals surface area contributed by atoms with Crippen molar-refractivity contribution >= 4 is 39.9 Å². The van der Waals surface area contributed by atoms with Crippen LogP contribution >= 0.6 is 22.6 Å². The van der Waals surface area contributed by atoms with Gasteiger partial charge in [0.2, 0.25) is 0 Å². The maximum absolute atomic E-state index is 12.7. The first kappa shape index (κ1) is 13.4. The molecule has 1 heterocycles. The van der Waals surface area contributed by atoms with E-state index >= 15 is 0 Å². The van der Waals surface area contributed by atoms with E-state index in [1.54, 1.807) is 0 Å². The Morgan fingerprint density at radius 1 is 1.15 bits per heavy atom. The molecule has 20 heavy (non-hydrogen) atoms. The molecule has 0 unspecified atom stereocenters. The van der Waals surface area contributed by atoms with E-state index in [-0.39, 0.29) is 5.91 Å². The van der Waals surface area contributed by atoms with Crippen molar-refractivity contribution in [2.75, 3.05) is 17.2 Å². The summed E-state index contributed by atoms with van der Waals surface area (Å²) in [6.07, 6.45) is 1.90. The Morgan fingerprint density at radius 2 is 1.90 bits per heavy atom. The van der Waals surface area contributed by atoms with Crippen molar-refractivity contribution < 1.29 is 4.79 Å². The zero-order valence-corrected chi connectivity index (χ0v) is 13.1. The Morgan fingerprint density at radius 3 is 2.65 bits per heavy atom. The van der Waals surface area contributed by atoms with E-state index in [4.69, 9.17) is 5.73 Å². The highest BCUT2D eigenvalue weighted by Crippen LogP contribution is 2.32. The number of fused-ring (bicyclic) bond motifs is 1. The summed E-state index contributed by atoms with van der Waals surface area (Å²) in [6.45, 7) is 0.751. The van der Waals surface area contributed by atoms with Crippen molar-refractivity contribution in [2.24, 2.45) is 0 Å². The molecule has 0 aromatic heterocycles. The smallest absolute Gasteiger partial charge is 0.258 e. The van der Waals surface area contributed by atoms with Crippen molar-refractivity contribution in [1.29, 1.82) is 0 Å². The van der Waals surface area contributed by atoms with Crippen LogP contribution in [0.15, 0.2) is 42.5 Å². The minimum atomic E-state index is 0.0490. The molecule has 2 aromatic carbocycles. The molecule has 1 aliphatic heterocycles. The van der Waals surface area contributed by atoms with Gasteiger partial charge in [-0.15, -0.1) is 0 Å². The van der Waals surface area contributed by atoms with Gasteiger partial charge in [-0.2, -0.15) is 0 Å².